The first-order valence-electron chi connectivity index (χ1n) is 7.78. The van der Waals surface area contributed by atoms with Crippen LogP contribution in [0.2, 0.25) is 0 Å². The van der Waals surface area contributed by atoms with Crippen molar-refractivity contribution in [2.45, 2.75) is 59.4 Å². The van der Waals surface area contributed by atoms with Crippen LogP contribution in [0.25, 0.3) is 0 Å². The zero-order valence-electron chi connectivity index (χ0n) is 15.3. The first-order chi connectivity index (χ1) is 10.9. The van der Waals surface area contributed by atoms with Crippen LogP contribution in [0.1, 0.15) is 47.1 Å². The molecule has 0 radical (unpaired) electrons. The Morgan fingerprint density at radius 2 is 1.50 bits per heavy atom. The Labute approximate surface area is 143 Å². The highest BCUT2D eigenvalue weighted by atomic mass is 16.6. The summed E-state index contributed by atoms with van der Waals surface area (Å²) in [7, 11) is 0. The highest BCUT2D eigenvalue weighted by molar-refractivity contribution is 5.86. The molecule has 0 spiro atoms. The van der Waals surface area contributed by atoms with Crippen molar-refractivity contribution in [3.8, 4) is 0 Å². The van der Waals surface area contributed by atoms with Gasteiger partial charge in [0.2, 0.25) is 0 Å². The van der Waals surface area contributed by atoms with Crippen LogP contribution in [-0.2, 0) is 16.1 Å². The molecule has 0 atom stereocenters. The Hall–Kier alpha value is -2.21. The van der Waals surface area contributed by atoms with Gasteiger partial charge in [0.15, 0.2) is 5.88 Å². The van der Waals surface area contributed by atoms with E-state index in [-0.39, 0.29) is 12.2 Å². The summed E-state index contributed by atoms with van der Waals surface area (Å²) in [6.07, 6.45) is -0.562. The second kappa shape index (κ2) is 7.57. The maximum absolute atomic E-state index is 11.9. The van der Waals surface area contributed by atoms with Crippen LogP contribution in [-0.4, -0.2) is 22.4 Å². The Bertz CT molecular complexity index is 550. The van der Waals surface area contributed by atoms with E-state index in [2.05, 4.69) is 17.2 Å². The quantitative estimate of drug-likeness (QED) is 0.701. The smallest absolute Gasteiger partial charge is 0.412 e. The minimum absolute atomic E-state index is 0.162. The van der Waals surface area contributed by atoms with E-state index in [9.17, 15) is 9.90 Å². The summed E-state index contributed by atoms with van der Waals surface area (Å²) in [6, 6.07) is 5.13. The Kier molecular flexibility index (Phi) is 6.26. The largest absolute Gasteiger partial charge is 0.474 e. The molecule has 1 aromatic rings. The summed E-state index contributed by atoms with van der Waals surface area (Å²) in [5, 5.41) is 15.1. The molecular weight excluding hydrogens is 308 g/mol. The fourth-order valence-corrected chi connectivity index (χ4v) is 1.91. The average Bonchev–Trinajstić information content (AvgIpc) is 2.33. The number of carbonyl (C=O) groups excluding carboxylic acids is 1. The van der Waals surface area contributed by atoms with Crippen molar-refractivity contribution in [2.24, 2.45) is 0 Å². The second-order valence-corrected chi connectivity index (χ2v) is 7.47. The van der Waals surface area contributed by atoms with E-state index in [0.717, 1.165) is 0 Å². The van der Waals surface area contributed by atoms with Crippen molar-refractivity contribution < 1.29 is 19.4 Å². The van der Waals surface area contributed by atoms with Gasteiger partial charge in [-0.05, 0) is 71.9 Å². The average molecular weight is 336 g/mol. The molecule has 0 fully saturated rings. The lowest BCUT2D eigenvalue weighted by atomic mass is 10.1. The number of hydrogen-bond donors (Lipinski definition) is 3. The minimum atomic E-state index is -0.589. The molecule has 0 aliphatic rings. The summed E-state index contributed by atoms with van der Waals surface area (Å²) in [4.78, 5) is 11.9. The third-order valence-corrected chi connectivity index (χ3v) is 2.53. The van der Waals surface area contributed by atoms with Gasteiger partial charge in [0.05, 0.1) is 6.61 Å². The normalized spacial score (nSPS) is 11.6. The highest BCUT2D eigenvalue weighted by Crippen LogP contribution is 2.23. The monoisotopic (exact) mass is 336 g/mol. The summed E-state index contributed by atoms with van der Waals surface area (Å²) in [5.74, 6) is 0.376. The number of rotatable bonds is 5. The first kappa shape index (κ1) is 19.8. The predicted molar refractivity (Wildman–Crippen MR) is 95.8 cm³/mol. The van der Waals surface area contributed by atoms with Gasteiger partial charge >= 0.3 is 6.09 Å². The van der Waals surface area contributed by atoms with Gasteiger partial charge in [-0.25, -0.2) is 4.79 Å². The number of carbonyl (C=O) groups is 1. The lowest BCUT2D eigenvalue weighted by Gasteiger charge is -2.24. The van der Waals surface area contributed by atoms with Crippen molar-refractivity contribution in [1.29, 1.82) is 0 Å². The molecule has 0 aliphatic heterocycles. The van der Waals surface area contributed by atoms with Crippen LogP contribution >= 0.6 is 0 Å². The van der Waals surface area contributed by atoms with E-state index in [4.69, 9.17) is 9.47 Å². The van der Waals surface area contributed by atoms with E-state index < -0.39 is 11.7 Å². The van der Waals surface area contributed by atoms with Gasteiger partial charge in [-0.3, -0.25) is 5.32 Å². The summed E-state index contributed by atoms with van der Waals surface area (Å²) in [5.41, 5.74) is 0.809. The standard InChI is InChI=1S/C18H28N2O4/c1-12(23-17(2,3)4)19-14-8-13(11-21)9-15(10-14)20-16(22)24-18(5,6)7/h8-10,19,21H,1,11H2,2-7H3,(H,20,22). The van der Waals surface area contributed by atoms with Crippen LogP contribution in [0, 0.1) is 0 Å². The van der Waals surface area contributed by atoms with E-state index >= 15 is 0 Å². The van der Waals surface area contributed by atoms with Gasteiger partial charge in [0, 0.05) is 11.4 Å². The topological polar surface area (TPSA) is 79.8 Å². The molecule has 3 N–H and O–H groups in total. The van der Waals surface area contributed by atoms with E-state index in [1.54, 1.807) is 39.0 Å². The third-order valence-electron chi connectivity index (χ3n) is 2.53. The molecule has 1 rings (SSSR count). The minimum Gasteiger partial charge on any atom is -0.474 e. The molecule has 0 aromatic heterocycles. The number of ether oxygens (including phenoxy) is 2. The van der Waals surface area contributed by atoms with Gasteiger partial charge in [-0.1, -0.05) is 0 Å². The molecule has 0 unspecified atom stereocenters. The number of amides is 1. The first-order valence-corrected chi connectivity index (χ1v) is 7.78. The molecule has 1 aromatic carbocycles. The fraction of sp³-hybridized carbons (Fsp3) is 0.500. The van der Waals surface area contributed by atoms with Crippen molar-refractivity contribution >= 4 is 17.5 Å². The molecule has 134 valence electrons. The zero-order valence-corrected chi connectivity index (χ0v) is 15.3. The summed E-state index contributed by atoms with van der Waals surface area (Å²) in [6.45, 7) is 14.8. The number of nitrogens with one attached hydrogen (secondary N) is 2. The maximum Gasteiger partial charge on any atom is 0.412 e. The van der Waals surface area contributed by atoms with E-state index in [1.807, 2.05) is 20.8 Å². The molecular formula is C18H28N2O4. The molecule has 0 saturated heterocycles. The Balaban J connectivity index is 2.88. The molecule has 0 saturated carbocycles. The van der Waals surface area contributed by atoms with Crippen molar-refractivity contribution in [1.82, 2.24) is 0 Å². The fourth-order valence-electron chi connectivity index (χ4n) is 1.91. The number of hydrogen-bond acceptors (Lipinski definition) is 5. The van der Waals surface area contributed by atoms with Crippen LogP contribution < -0.4 is 10.6 Å². The maximum atomic E-state index is 11.9. The zero-order chi connectivity index (χ0) is 18.5. The molecule has 24 heavy (non-hydrogen) atoms. The second-order valence-electron chi connectivity index (χ2n) is 7.47. The van der Waals surface area contributed by atoms with Crippen molar-refractivity contribution in [2.75, 3.05) is 10.6 Å². The van der Waals surface area contributed by atoms with Gasteiger partial charge in [0.1, 0.15) is 11.2 Å². The summed E-state index contributed by atoms with van der Waals surface area (Å²) < 4.78 is 10.8. The Morgan fingerprint density at radius 1 is 1.00 bits per heavy atom. The molecule has 6 heteroatoms. The highest BCUT2D eigenvalue weighted by Gasteiger charge is 2.17. The summed E-state index contributed by atoms with van der Waals surface area (Å²) >= 11 is 0. The lowest BCUT2D eigenvalue weighted by Crippen LogP contribution is -2.27. The van der Waals surface area contributed by atoms with Crippen LogP contribution in [0.5, 0.6) is 0 Å². The number of aliphatic hydroxyl groups is 1. The predicted octanol–water partition coefficient (Wildman–Crippen LogP) is 4.22. The van der Waals surface area contributed by atoms with Crippen molar-refractivity contribution in [3.63, 3.8) is 0 Å². The van der Waals surface area contributed by atoms with E-state index in [0.29, 0.717) is 22.8 Å². The van der Waals surface area contributed by atoms with Crippen LogP contribution in [0.4, 0.5) is 16.2 Å². The number of aliphatic hydroxyl groups excluding tert-OH is 1. The van der Waals surface area contributed by atoms with E-state index in [1.165, 1.54) is 0 Å². The molecule has 1 amide bonds. The van der Waals surface area contributed by atoms with Crippen molar-refractivity contribution in [3.05, 3.63) is 36.2 Å². The van der Waals surface area contributed by atoms with Crippen LogP contribution in [0.15, 0.2) is 30.7 Å². The molecule has 6 nitrogen and oxygen atoms in total. The van der Waals surface area contributed by atoms with Gasteiger partial charge in [0.25, 0.3) is 0 Å². The molecule has 0 aliphatic carbocycles. The number of anilines is 2. The van der Waals surface area contributed by atoms with Gasteiger partial charge < -0.3 is 19.9 Å². The number of benzene rings is 1. The van der Waals surface area contributed by atoms with Crippen LogP contribution in [0.3, 0.4) is 0 Å². The van der Waals surface area contributed by atoms with Gasteiger partial charge in [-0.15, -0.1) is 0 Å². The third kappa shape index (κ3) is 7.87. The lowest BCUT2D eigenvalue weighted by molar-refractivity contribution is 0.0564. The van der Waals surface area contributed by atoms with Gasteiger partial charge in [-0.2, -0.15) is 0 Å². The molecule has 0 bridgehead atoms. The molecule has 0 heterocycles. The Morgan fingerprint density at radius 3 is 1.96 bits per heavy atom. The SMILES string of the molecule is C=C(Nc1cc(CO)cc(NC(=O)OC(C)(C)C)c1)OC(C)(C)C.